The molecule has 42 heavy (non-hydrogen) atoms. The van der Waals surface area contributed by atoms with Crippen molar-refractivity contribution in [3.8, 4) is 33.6 Å². The Morgan fingerprint density at radius 3 is 2.00 bits per heavy atom. The minimum absolute atomic E-state index is 0.0368. The van der Waals surface area contributed by atoms with Gasteiger partial charge < -0.3 is 31.2 Å². The molecule has 0 saturated carbocycles. The van der Waals surface area contributed by atoms with E-state index in [1.165, 1.54) is 0 Å². The molecule has 216 valence electrons. The van der Waals surface area contributed by atoms with Crippen molar-refractivity contribution < 1.29 is 9.59 Å². The number of hydrogen-bond donors (Lipinski definition) is 4. The van der Waals surface area contributed by atoms with Crippen molar-refractivity contribution in [1.82, 2.24) is 29.7 Å². The van der Waals surface area contributed by atoms with E-state index in [0.717, 1.165) is 64.4 Å². The quantitative estimate of drug-likeness (QED) is 0.266. The predicted molar refractivity (Wildman–Crippen MR) is 162 cm³/mol. The van der Waals surface area contributed by atoms with Crippen LogP contribution in [0, 0.1) is 0 Å². The lowest BCUT2D eigenvalue weighted by Gasteiger charge is -2.24. The number of aromatic amines is 2. The molecule has 6 N–H and O–H groups in total. The Morgan fingerprint density at radius 2 is 1.38 bits per heavy atom. The van der Waals surface area contributed by atoms with Crippen molar-refractivity contribution in [3.63, 3.8) is 0 Å². The predicted octanol–water partition coefficient (Wildman–Crippen LogP) is 4.06. The van der Waals surface area contributed by atoms with Crippen LogP contribution in [-0.4, -0.2) is 66.7 Å². The number of hydrogen-bond acceptors (Lipinski definition) is 6. The molecule has 1 saturated heterocycles. The number of carbonyl (C=O) groups excluding carboxylic acids is 2. The molecule has 0 bridgehead atoms. The van der Waals surface area contributed by atoms with Gasteiger partial charge in [0.15, 0.2) is 5.82 Å². The molecule has 10 nitrogen and oxygen atoms in total. The van der Waals surface area contributed by atoms with Gasteiger partial charge in [-0.25, -0.2) is 9.97 Å². The van der Waals surface area contributed by atoms with E-state index in [2.05, 4.69) is 68.5 Å². The molecule has 2 amide bonds. The lowest BCUT2D eigenvalue weighted by atomic mass is 10.0. The van der Waals surface area contributed by atoms with Crippen LogP contribution in [0.1, 0.15) is 50.8 Å². The normalized spacial score (nSPS) is 18.3. The van der Waals surface area contributed by atoms with Crippen LogP contribution in [-0.2, 0) is 9.59 Å². The van der Waals surface area contributed by atoms with E-state index < -0.39 is 12.1 Å². The van der Waals surface area contributed by atoms with Crippen molar-refractivity contribution in [2.24, 2.45) is 11.5 Å². The molecular weight excluding hydrogens is 528 g/mol. The summed E-state index contributed by atoms with van der Waals surface area (Å²) in [4.78, 5) is 44.5. The molecule has 0 unspecified atom stereocenters. The third-order valence-electron chi connectivity index (χ3n) is 8.02. The molecule has 3 atom stereocenters. The number of nitrogens with two attached hydrogens (primary N) is 2. The number of nitrogens with one attached hydrogen (secondary N) is 2. The van der Waals surface area contributed by atoms with E-state index in [9.17, 15) is 9.59 Å². The van der Waals surface area contributed by atoms with Crippen LogP contribution < -0.4 is 11.5 Å². The third kappa shape index (κ3) is 5.26. The van der Waals surface area contributed by atoms with Crippen LogP contribution in [0.3, 0.4) is 0 Å². The average molecular weight is 565 g/mol. The second-order valence-electron chi connectivity index (χ2n) is 11.1. The summed E-state index contributed by atoms with van der Waals surface area (Å²) in [5, 5.41) is 0. The van der Waals surface area contributed by atoms with Crippen LogP contribution in [0.15, 0.2) is 67.0 Å². The van der Waals surface area contributed by atoms with Crippen LogP contribution in [0.5, 0.6) is 0 Å². The Labute approximate surface area is 244 Å². The van der Waals surface area contributed by atoms with E-state index >= 15 is 0 Å². The molecule has 10 heteroatoms. The SMILES string of the molecule is C[C@H](N)C(=O)N1CCC=C1c1ncc(-c2ccc(-c3ccc(-c4cnc([C@@H]5CCCN5C(=O)[C@H](C)N)[nH]4)cc3)cc2)[nH]1. The Morgan fingerprint density at radius 1 is 0.810 bits per heavy atom. The van der Waals surface area contributed by atoms with Gasteiger partial charge in [0.05, 0.1) is 47.6 Å². The van der Waals surface area contributed by atoms with E-state index in [1.54, 1.807) is 24.9 Å². The zero-order valence-electron chi connectivity index (χ0n) is 23.9. The lowest BCUT2D eigenvalue weighted by Crippen LogP contribution is -2.41. The smallest absolute Gasteiger partial charge is 0.243 e. The number of carbonyl (C=O) groups is 2. The van der Waals surface area contributed by atoms with Crippen molar-refractivity contribution in [2.75, 3.05) is 13.1 Å². The maximum atomic E-state index is 12.5. The van der Waals surface area contributed by atoms with Crippen LogP contribution >= 0.6 is 0 Å². The molecule has 0 radical (unpaired) electrons. The maximum Gasteiger partial charge on any atom is 0.243 e. The first-order valence-corrected chi connectivity index (χ1v) is 14.4. The zero-order valence-corrected chi connectivity index (χ0v) is 23.9. The molecule has 2 aliphatic heterocycles. The molecule has 0 aliphatic carbocycles. The molecule has 4 heterocycles. The van der Waals surface area contributed by atoms with Crippen LogP contribution in [0.2, 0.25) is 0 Å². The molecule has 4 aromatic rings. The second kappa shape index (κ2) is 11.4. The molecule has 1 fully saturated rings. The van der Waals surface area contributed by atoms with Crippen LogP contribution in [0.25, 0.3) is 39.3 Å². The van der Waals surface area contributed by atoms with Gasteiger partial charge in [-0.2, -0.15) is 0 Å². The lowest BCUT2D eigenvalue weighted by molar-refractivity contribution is -0.133. The Kier molecular flexibility index (Phi) is 7.49. The molecular formula is C32H36N8O2. The molecule has 2 aromatic carbocycles. The Balaban J connectivity index is 1.14. The largest absolute Gasteiger partial charge is 0.340 e. The minimum atomic E-state index is -0.556. The number of amides is 2. The number of benzene rings is 2. The highest BCUT2D eigenvalue weighted by molar-refractivity contribution is 5.90. The van der Waals surface area contributed by atoms with E-state index in [1.807, 2.05) is 17.2 Å². The molecule has 2 aromatic heterocycles. The fraction of sp³-hybridized carbons (Fsp3) is 0.312. The number of rotatable bonds is 7. The van der Waals surface area contributed by atoms with Crippen molar-refractivity contribution in [2.45, 2.75) is 51.2 Å². The van der Waals surface area contributed by atoms with E-state index in [-0.39, 0.29) is 17.9 Å². The first kappa shape index (κ1) is 27.6. The molecule has 6 rings (SSSR count). The van der Waals surface area contributed by atoms with Crippen molar-refractivity contribution in [3.05, 3.63) is 78.6 Å². The van der Waals surface area contributed by atoms with Gasteiger partial charge in [-0.1, -0.05) is 54.6 Å². The summed E-state index contributed by atoms with van der Waals surface area (Å²) in [6.45, 7) is 4.76. The maximum absolute atomic E-state index is 12.5. The monoisotopic (exact) mass is 564 g/mol. The highest BCUT2D eigenvalue weighted by atomic mass is 16.2. The highest BCUT2D eigenvalue weighted by Gasteiger charge is 2.33. The van der Waals surface area contributed by atoms with Gasteiger partial charge >= 0.3 is 0 Å². The number of imidazole rings is 2. The summed E-state index contributed by atoms with van der Waals surface area (Å²) in [7, 11) is 0. The summed E-state index contributed by atoms with van der Waals surface area (Å²) < 4.78 is 0. The van der Waals surface area contributed by atoms with Gasteiger partial charge in [0.1, 0.15) is 5.82 Å². The summed E-state index contributed by atoms with van der Waals surface area (Å²) in [5.41, 5.74) is 18.5. The van der Waals surface area contributed by atoms with Gasteiger partial charge in [0.2, 0.25) is 11.8 Å². The zero-order chi connectivity index (χ0) is 29.4. The van der Waals surface area contributed by atoms with E-state index in [0.29, 0.717) is 18.9 Å². The summed E-state index contributed by atoms with van der Waals surface area (Å²) in [6, 6.07) is 15.5. The van der Waals surface area contributed by atoms with Gasteiger partial charge in [0, 0.05) is 13.1 Å². The topological polar surface area (TPSA) is 150 Å². The molecule has 0 spiro atoms. The second-order valence-corrected chi connectivity index (χ2v) is 11.1. The highest BCUT2D eigenvalue weighted by Crippen LogP contribution is 2.33. The Hall–Kier alpha value is -4.54. The first-order valence-electron chi connectivity index (χ1n) is 14.4. The van der Waals surface area contributed by atoms with Crippen molar-refractivity contribution >= 4 is 17.5 Å². The fourth-order valence-electron chi connectivity index (χ4n) is 5.77. The van der Waals surface area contributed by atoms with Gasteiger partial charge in [-0.3, -0.25) is 9.59 Å². The number of H-pyrrole nitrogens is 2. The summed E-state index contributed by atoms with van der Waals surface area (Å²) in [6.07, 6.45) is 8.25. The van der Waals surface area contributed by atoms with Gasteiger partial charge in [-0.05, 0) is 55.4 Å². The summed E-state index contributed by atoms with van der Waals surface area (Å²) in [5.74, 6) is 1.33. The number of nitrogens with zero attached hydrogens (tertiary/aromatic N) is 4. The van der Waals surface area contributed by atoms with Gasteiger partial charge in [0.25, 0.3) is 0 Å². The summed E-state index contributed by atoms with van der Waals surface area (Å²) >= 11 is 0. The number of likely N-dealkylation sites (tertiary alicyclic amines) is 1. The fourth-order valence-corrected chi connectivity index (χ4v) is 5.77. The molecule has 2 aliphatic rings. The number of aromatic nitrogens is 4. The van der Waals surface area contributed by atoms with E-state index in [4.69, 9.17) is 11.5 Å². The minimum Gasteiger partial charge on any atom is -0.340 e. The average Bonchev–Trinajstić information content (AvgIpc) is 3.82. The van der Waals surface area contributed by atoms with Gasteiger partial charge in [-0.15, -0.1) is 0 Å². The van der Waals surface area contributed by atoms with Crippen LogP contribution in [0.4, 0.5) is 0 Å². The standard InChI is InChI=1S/C32H36N8O2/c1-19(33)31(41)39-15-3-5-27(39)29-35-17-25(37-29)23-11-7-21(8-12-23)22-9-13-24(14-10-22)26-18-36-30(38-26)28-6-4-16-40(28)32(42)20(2)34/h5,7-14,17-20,28H,3-4,6,15-16,33-34H2,1-2H3,(H,35,37)(H,36,38)/t19-,20-,28-/m0/s1. The van der Waals surface area contributed by atoms with Crippen molar-refractivity contribution in [1.29, 1.82) is 0 Å². The third-order valence-corrected chi connectivity index (χ3v) is 8.02. The first-order chi connectivity index (χ1) is 20.3. The Bertz CT molecular complexity index is 1610.